The van der Waals surface area contributed by atoms with Crippen molar-refractivity contribution in [2.45, 2.75) is 11.2 Å². The number of hydrogen-bond acceptors (Lipinski definition) is 3. The van der Waals surface area contributed by atoms with Gasteiger partial charge in [0.25, 0.3) is 0 Å². The Balaban J connectivity index is 2.27. The summed E-state index contributed by atoms with van der Waals surface area (Å²) >= 11 is 5.77. The summed E-state index contributed by atoms with van der Waals surface area (Å²) in [6.45, 7) is -0.0922. The fourth-order valence-electron chi connectivity index (χ4n) is 2.27. The molecule has 0 aromatic heterocycles. The third-order valence-corrected chi connectivity index (χ3v) is 4.94. The highest BCUT2D eigenvalue weighted by atomic mass is 35.5. The second-order valence-corrected chi connectivity index (χ2v) is 6.86. The molecule has 1 fully saturated rings. The smallest absolute Gasteiger partial charge is 0.151 e. The number of hydrogen-bond donors (Lipinski definition) is 1. The average molecular weight is 261 g/mol. The summed E-state index contributed by atoms with van der Waals surface area (Å²) in [4.78, 5) is 0. The fourth-order valence-corrected chi connectivity index (χ4v) is 4.08. The molecule has 0 spiro atoms. The van der Waals surface area contributed by atoms with Crippen LogP contribution in [0.3, 0.4) is 0 Å². The summed E-state index contributed by atoms with van der Waals surface area (Å²) < 4.78 is 23.0. The van der Waals surface area contributed by atoms with Gasteiger partial charge in [-0.1, -0.05) is 23.7 Å². The second-order valence-electron chi connectivity index (χ2n) is 4.22. The predicted octanol–water partition coefficient (Wildman–Crippen LogP) is 1.46. The first-order valence-electron chi connectivity index (χ1n) is 5.00. The zero-order valence-electron chi connectivity index (χ0n) is 8.80. The monoisotopic (exact) mass is 260 g/mol. The van der Waals surface area contributed by atoms with Crippen LogP contribution in [0.4, 0.5) is 0 Å². The number of benzene rings is 1. The standard InChI is InChI=1S/C11H13ClO3S/c1-16(14,15)11-9(6-13)10(11)7-2-4-8(12)5-3-7/h2-5,9-11,13H,6H2,1H3/t9-,10-,11-/m1/s1. The average Bonchev–Trinajstić information content (AvgIpc) is 2.92. The third kappa shape index (κ3) is 2.10. The third-order valence-electron chi connectivity index (χ3n) is 3.06. The minimum Gasteiger partial charge on any atom is -0.396 e. The van der Waals surface area contributed by atoms with E-state index in [2.05, 4.69) is 0 Å². The Hall–Kier alpha value is -0.580. The van der Waals surface area contributed by atoms with Gasteiger partial charge in [0.1, 0.15) is 0 Å². The van der Waals surface area contributed by atoms with Crippen LogP contribution in [-0.4, -0.2) is 31.6 Å². The second kappa shape index (κ2) is 4.02. The molecule has 0 radical (unpaired) electrons. The Morgan fingerprint density at radius 2 is 1.88 bits per heavy atom. The molecular formula is C11H13ClO3S. The van der Waals surface area contributed by atoms with Crippen LogP contribution in [-0.2, 0) is 9.84 Å². The Labute approximate surface area is 100.0 Å². The topological polar surface area (TPSA) is 54.4 Å². The fraction of sp³-hybridized carbons (Fsp3) is 0.455. The maximum atomic E-state index is 11.5. The van der Waals surface area contributed by atoms with E-state index in [1.165, 1.54) is 6.26 Å². The quantitative estimate of drug-likeness (QED) is 0.895. The van der Waals surface area contributed by atoms with E-state index in [4.69, 9.17) is 16.7 Å². The Morgan fingerprint density at radius 1 is 1.31 bits per heavy atom. The lowest BCUT2D eigenvalue weighted by atomic mass is 10.1. The van der Waals surface area contributed by atoms with E-state index < -0.39 is 15.1 Å². The van der Waals surface area contributed by atoms with E-state index in [0.29, 0.717) is 5.02 Å². The lowest BCUT2D eigenvalue weighted by Gasteiger charge is -1.99. The summed E-state index contributed by atoms with van der Waals surface area (Å²) in [6, 6.07) is 7.12. The maximum Gasteiger partial charge on any atom is 0.151 e. The molecule has 88 valence electrons. The normalized spacial score (nSPS) is 29.1. The minimum absolute atomic E-state index is 0.0859. The Morgan fingerprint density at radius 3 is 2.25 bits per heavy atom. The van der Waals surface area contributed by atoms with Crippen LogP contribution in [0.25, 0.3) is 0 Å². The summed E-state index contributed by atoms with van der Waals surface area (Å²) in [5.41, 5.74) is 0.930. The number of sulfone groups is 1. The molecule has 1 aliphatic carbocycles. The van der Waals surface area contributed by atoms with E-state index in [1.54, 1.807) is 12.1 Å². The predicted molar refractivity (Wildman–Crippen MR) is 63.4 cm³/mol. The van der Waals surface area contributed by atoms with Crippen molar-refractivity contribution in [3.8, 4) is 0 Å². The zero-order valence-corrected chi connectivity index (χ0v) is 10.4. The van der Waals surface area contributed by atoms with Crippen LogP contribution in [0.15, 0.2) is 24.3 Å². The molecule has 1 saturated carbocycles. The molecule has 1 aliphatic rings. The van der Waals surface area contributed by atoms with Gasteiger partial charge in [-0.2, -0.15) is 0 Å². The highest BCUT2D eigenvalue weighted by Crippen LogP contribution is 2.51. The lowest BCUT2D eigenvalue weighted by molar-refractivity contribution is 0.274. The number of halogens is 1. The first-order chi connectivity index (χ1) is 7.45. The minimum atomic E-state index is -3.09. The van der Waals surface area contributed by atoms with E-state index >= 15 is 0 Å². The largest absolute Gasteiger partial charge is 0.396 e. The first kappa shape index (κ1) is 11.9. The summed E-state index contributed by atoms with van der Waals surface area (Å²) in [5, 5.41) is 9.32. The Kier molecular flexibility index (Phi) is 2.99. The van der Waals surface area contributed by atoms with Gasteiger partial charge in [-0.25, -0.2) is 8.42 Å². The van der Waals surface area contributed by atoms with Crippen molar-refractivity contribution in [2.24, 2.45) is 5.92 Å². The molecule has 0 bridgehead atoms. The van der Waals surface area contributed by atoms with Crippen molar-refractivity contribution in [1.82, 2.24) is 0 Å². The van der Waals surface area contributed by atoms with Crippen molar-refractivity contribution in [3.05, 3.63) is 34.9 Å². The van der Waals surface area contributed by atoms with Gasteiger partial charge >= 0.3 is 0 Å². The number of aliphatic hydroxyl groups excluding tert-OH is 1. The van der Waals surface area contributed by atoms with Crippen LogP contribution in [0, 0.1) is 5.92 Å². The van der Waals surface area contributed by atoms with Gasteiger partial charge in [0.2, 0.25) is 0 Å². The molecule has 1 aromatic carbocycles. The molecule has 3 nitrogen and oxygen atoms in total. The van der Waals surface area contributed by atoms with Crippen molar-refractivity contribution in [3.63, 3.8) is 0 Å². The number of aliphatic hydroxyl groups is 1. The first-order valence-corrected chi connectivity index (χ1v) is 7.33. The van der Waals surface area contributed by atoms with Gasteiger partial charge in [0.15, 0.2) is 9.84 Å². The van der Waals surface area contributed by atoms with Crippen molar-refractivity contribution in [1.29, 1.82) is 0 Å². The van der Waals surface area contributed by atoms with Gasteiger partial charge in [-0.15, -0.1) is 0 Å². The zero-order chi connectivity index (χ0) is 11.9. The summed E-state index contributed by atoms with van der Waals surface area (Å²) in [7, 11) is -3.09. The summed E-state index contributed by atoms with van der Waals surface area (Å²) in [6.07, 6.45) is 1.22. The molecule has 16 heavy (non-hydrogen) atoms. The molecule has 5 heteroatoms. The van der Waals surface area contributed by atoms with E-state index in [0.717, 1.165) is 5.56 Å². The van der Waals surface area contributed by atoms with Crippen LogP contribution >= 0.6 is 11.6 Å². The van der Waals surface area contributed by atoms with E-state index in [9.17, 15) is 8.42 Å². The molecule has 0 amide bonds. The molecule has 2 rings (SSSR count). The molecule has 0 saturated heterocycles. The number of rotatable bonds is 3. The van der Waals surface area contributed by atoms with Crippen LogP contribution in [0.5, 0.6) is 0 Å². The lowest BCUT2D eigenvalue weighted by Crippen LogP contribution is -2.08. The van der Waals surface area contributed by atoms with Crippen LogP contribution < -0.4 is 0 Å². The summed E-state index contributed by atoms with van der Waals surface area (Å²) in [5.74, 6) is -0.256. The van der Waals surface area contributed by atoms with Gasteiger partial charge < -0.3 is 5.11 Å². The van der Waals surface area contributed by atoms with Crippen LogP contribution in [0.1, 0.15) is 11.5 Å². The van der Waals surface area contributed by atoms with Gasteiger partial charge in [0.05, 0.1) is 5.25 Å². The highest BCUT2D eigenvalue weighted by Gasteiger charge is 2.56. The van der Waals surface area contributed by atoms with Crippen LogP contribution in [0.2, 0.25) is 5.02 Å². The molecular weight excluding hydrogens is 248 g/mol. The maximum absolute atomic E-state index is 11.5. The van der Waals surface area contributed by atoms with Gasteiger partial charge in [0, 0.05) is 29.7 Å². The van der Waals surface area contributed by atoms with Crippen molar-refractivity contribution < 1.29 is 13.5 Å². The molecule has 0 heterocycles. The molecule has 3 atom stereocenters. The molecule has 1 N–H and O–H groups in total. The molecule has 0 aliphatic heterocycles. The SMILES string of the molecule is CS(=O)(=O)[C@@H]1[C@H](CO)[C@H]1c1ccc(Cl)cc1. The van der Waals surface area contributed by atoms with Crippen molar-refractivity contribution in [2.75, 3.05) is 12.9 Å². The molecule has 1 aromatic rings. The Bertz CT molecular complexity index is 480. The van der Waals surface area contributed by atoms with Gasteiger partial charge in [-0.05, 0) is 17.7 Å². The van der Waals surface area contributed by atoms with Gasteiger partial charge in [-0.3, -0.25) is 0 Å². The van der Waals surface area contributed by atoms with Crippen molar-refractivity contribution >= 4 is 21.4 Å². The van der Waals surface area contributed by atoms with E-state index in [1.807, 2.05) is 12.1 Å². The van der Waals surface area contributed by atoms with E-state index in [-0.39, 0.29) is 18.4 Å². The highest BCUT2D eigenvalue weighted by molar-refractivity contribution is 7.91. The molecule has 0 unspecified atom stereocenters.